The van der Waals surface area contributed by atoms with E-state index in [4.69, 9.17) is 0 Å². The van der Waals surface area contributed by atoms with Gasteiger partial charge in [-0.1, -0.05) is 180 Å². The molecule has 5 aromatic rings. The Morgan fingerprint density at radius 1 is 0.544 bits per heavy atom. The van der Waals surface area contributed by atoms with Crippen LogP contribution in [0, 0.1) is 17.8 Å². The zero-order valence-corrected chi connectivity index (χ0v) is 34.2. The summed E-state index contributed by atoms with van der Waals surface area (Å²) < 4.78 is 0. The van der Waals surface area contributed by atoms with E-state index in [-0.39, 0.29) is 6.04 Å². The molecule has 0 saturated heterocycles. The van der Waals surface area contributed by atoms with Crippen molar-refractivity contribution in [3.05, 3.63) is 203 Å². The van der Waals surface area contributed by atoms with E-state index in [0.717, 1.165) is 12.8 Å². The van der Waals surface area contributed by atoms with Crippen LogP contribution in [0.5, 0.6) is 0 Å². The molecule has 0 bridgehead atoms. The molecule has 0 saturated carbocycles. The van der Waals surface area contributed by atoms with Crippen LogP contribution in [0.15, 0.2) is 181 Å². The van der Waals surface area contributed by atoms with Gasteiger partial charge in [-0.15, -0.1) is 0 Å². The van der Waals surface area contributed by atoms with Gasteiger partial charge in [0.2, 0.25) is 0 Å². The summed E-state index contributed by atoms with van der Waals surface area (Å²) in [6, 6.07) is 48.4. The summed E-state index contributed by atoms with van der Waals surface area (Å²) in [4.78, 5) is 4.84. The average Bonchev–Trinajstić information content (AvgIpc) is 3.27. The largest absolute Gasteiger partial charge is 0.334 e. The molecule has 2 aliphatic rings. The number of nitrogens with zero attached hydrogens (tertiary/aromatic N) is 2. The molecule has 0 aromatic heterocycles. The van der Waals surface area contributed by atoms with E-state index in [9.17, 15) is 0 Å². The number of para-hydroxylation sites is 2. The third-order valence-corrected chi connectivity index (χ3v) is 11.7. The second kappa shape index (κ2) is 19.3. The van der Waals surface area contributed by atoms with Crippen LogP contribution in [0.3, 0.4) is 0 Å². The Hall–Kier alpha value is -5.86. The smallest absolute Gasteiger partial charge is 0.0560 e. The first-order valence-electron chi connectivity index (χ1n) is 21.1. The minimum atomic E-state index is 0.285. The summed E-state index contributed by atoms with van der Waals surface area (Å²) in [5.74, 6) is 1.92. The maximum atomic E-state index is 2.47. The second-order valence-corrected chi connectivity index (χ2v) is 15.7. The van der Waals surface area contributed by atoms with Crippen molar-refractivity contribution in [2.45, 2.75) is 65.8 Å². The number of hydrogen-bond acceptors (Lipinski definition) is 2. The van der Waals surface area contributed by atoms with Crippen molar-refractivity contribution < 1.29 is 0 Å². The van der Waals surface area contributed by atoms with E-state index in [1.54, 1.807) is 0 Å². The SMILES string of the molecule is CCCC(C)C1=CCC(N(c2ccccc2)c2ccc(/C=C/c3ccc(/C=C/c4ccc(N(C5=CCC(C(C)CC)C=C5)c5ccccc5)cc4)cc3)cc2)C=C1. The van der Waals surface area contributed by atoms with Crippen LogP contribution in [0.2, 0.25) is 0 Å². The molecular weight excluding hydrogens is 689 g/mol. The minimum Gasteiger partial charge on any atom is -0.334 e. The van der Waals surface area contributed by atoms with Gasteiger partial charge in [0.05, 0.1) is 6.04 Å². The highest BCUT2D eigenvalue weighted by Gasteiger charge is 2.22. The molecule has 0 aliphatic heterocycles. The first-order valence-corrected chi connectivity index (χ1v) is 21.1. The van der Waals surface area contributed by atoms with Gasteiger partial charge in [0, 0.05) is 28.4 Å². The van der Waals surface area contributed by atoms with Crippen molar-refractivity contribution in [2.24, 2.45) is 17.8 Å². The Morgan fingerprint density at radius 2 is 1.04 bits per heavy atom. The van der Waals surface area contributed by atoms with Crippen molar-refractivity contribution in [1.29, 1.82) is 0 Å². The average molecular weight is 747 g/mol. The normalized spacial score (nSPS) is 17.7. The number of allylic oxidation sites excluding steroid dienone is 5. The molecule has 0 amide bonds. The van der Waals surface area contributed by atoms with Gasteiger partial charge < -0.3 is 9.80 Å². The van der Waals surface area contributed by atoms with Crippen LogP contribution < -0.4 is 9.80 Å². The number of hydrogen-bond donors (Lipinski definition) is 0. The Labute approximate surface area is 342 Å². The zero-order valence-electron chi connectivity index (χ0n) is 34.2. The fourth-order valence-corrected chi connectivity index (χ4v) is 8.03. The number of benzene rings is 5. The van der Waals surface area contributed by atoms with Crippen LogP contribution >= 0.6 is 0 Å². The van der Waals surface area contributed by atoms with E-state index in [1.807, 2.05) is 0 Å². The molecule has 2 aliphatic carbocycles. The second-order valence-electron chi connectivity index (χ2n) is 15.7. The topological polar surface area (TPSA) is 6.48 Å². The molecule has 2 nitrogen and oxygen atoms in total. The van der Waals surface area contributed by atoms with Gasteiger partial charge in [-0.3, -0.25) is 0 Å². The van der Waals surface area contributed by atoms with Crippen molar-refractivity contribution in [3.8, 4) is 0 Å². The Kier molecular flexibility index (Phi) is 13.4. The lowest BCUT2D eigenvalue weighted by atomic mass is 9.86. The lowest BCUT2D eigenvalue weighted by Gasteiger charge is -2.33. The van der Waals surface area contributed by atoms with Gasteiger partial charge in [0.15, 0.2) is 0 Å². The summed E-state index contributed by atoms with van der Waals surface area (Å²) in [7, 11) is 0. The predicted molar refractivity (Wildman–Crippen MR) is 249 cm³/mol. The maximum absolute atomic E-state index is 2.47. The third-order valence-electron chi connectivity index (χ3n) is 11.7. The molecule has 0 N–H and O–H groups in total. The molecule has 0 fully saturated rings. The van der Waals surface area contributed by atoms with Crippen LogP contribution in [0.4, 0.5) is 22.7 Å². The quantitative estimate of drug-likeness (QED) is 0.0985. The first-order chi connectivity index (χ1) is 28.0. The highest BCUT2D eigenvalue weighted by molar-refractivity contribution is 5.76. The van der Waals surface area contributed by atoms with Crippen molar-refractivity contribution in [3.63, 3.8) is 0 Å². The van der Waals surface area contributed by atoms with Gasteiger partial charge in [-0.2, -0.15) is 0 Å². The standard InChI is InChI=1S/C55H58N2/c1-5-13-43(4)49-32-40-55(41-33-49)57(51-16-11-8-12-17-51)53-36-28-47(29-37-53)25-23-45-20-18-44(19-21-45)22-24-46-26-34-52(35-27-46)56(50-14-9-7-10-15-50)54-38-30-48(31-39-54)42(3)6-2/h7-12,14-30,32-40,42-43,48,55H,5-6,13,31,41H2,1-4H3/b24-22+,25-23+. The van der Waals surface area contributed by atoms with Crippen LogP contribution in [-0.4, -0.2) is 6.04 Å². The highest BCUT2D eigenvalue weighted by Crippen LogP contribution is 2.36. The van der Waals surface area contributed by atoms with E-state index in [2.05, 4.69) is 232 Å². The lowest BCUT2D eigenvalue weighted by Crippen LogP contribution is -2.30. The van der Waals surface area contributed by atoms with Crippen molar-refractivity contribution in [2.75, 3.05) is 9.80 Å². The van der Waals surface area contributed by atoms with Crippen LogP contribution in [-0.2, 0) is 0 Å². The monoisotopic (exact) mass is 746 g/mol. The van der Waals surface area contributed by atoms with Gasteiger partial charge >= 0.3 is 0 Å². The highest BCUT2D eigenvalue weighted by atomic mass is 15.2. The summed E-state index contributed by atoms with van der Waals surface area (Å²) in [6.07, 6.45) is 28.9. The van der Waals surface area contributed by atoms with E-state index in [1.165, 1.54) is 75.5 Å². The maximum Gasteiger partial charge on any atom is 0.0560 e. The molecule has 57 heavy (non-hydrogen) atoms. The van der Waals surface area contributed by atoms with Gasteiger partial charge in [0.1, 0.15) is 0 Å². The predicted octanol–water partition coefficient (Wildman–Crippen LogP) is 15.5. The van der Waals surface area contributed by atoms with Gasteiger partial charge in [-0.05, 0) is 119 Å². The van der Waals surface area contributed by atoms with E-state index >= 15 is 0 Å². The molecule has 0 spiro atoms. The van der Waals surface area contributed by atoms with Gasteiger partial charge in [0.25, 0.3) is 0 Å². The van der Waals surface area contributed by atoms with Crippen LogP contribution in [0.25, 0.3) is 24.3 Å². The Balaban J connectivity index is 0.987. The molecule has 2 heteroatoms. The molecule has 4 unspecified atom stereocenters. The molecule has 4 atom stereocenters. The molecule has 5 aromatic carbocycles. The molecule has 0 heterocycles. The van der Waals surface area contributed by atoms with E-state index in [0.29, 0.717) is 17.8 Å². The third kappa shape index (κ3) is 10.1. The fraction of sp³-hybridized carbons (Fsp3) is 0.236. The molecule has 0 radical (unpaired) electrons. The van der Waals surface area contributed by atoms with Crippen molar-refractivity contribution >= 4 is 47.1 Å². The van der Waals surface area contributed by atoms with Crippen LogP contribution in [0.1, 0.15) is 82.1 Å². The summed E-state index contributed by atoms with van der Waals surface area (Å²) in [5.41, 5.74) is 12.2. The fourth-order valence-electron chi connectivity index (χ4n) is 8.03. The number of rotatable bonds is 15. The van der Waals surface area contributed by atoms with Gasteiger partial charge in [-0.25, -0.2) is 0 Å². The minimum absolute atomic E-state index is 0.285. The molecule has 7 rings (SSSR count). The molecule has 288 valence electrons. The zero-order chi connectivity index (χ0) is 39.4. The number of anilines is 4. The van der Waals surface area contributed by atoms with E-state index < -0.39 is 0 Å². The summed E-state index contributed by atoms with van der Waals surface area (Å²) in [6.45, 7) is 9.27. The Morgan fingerprint density at radius 3 is 1.51 bits per heavy atom. The first kappa shape index (κ1) is 39.4. The van der Waals surface area contributed by atoms with Crippen molar-refractivity contribution in [1.82, 2.24) is 0 Å². The summed E-state index contributed by atoms with van der Waals surface area (Å²) in [5, 5.41) is 0. The summed E-state index contributed by atoms with van der Waals surface area (Å²) >= 11 is 0. The Bertz CT molecular complexity index is 2200. The lowest BCUT2D eigenvalue weighted by molar-refractivity contribution is 0.416. The molecular formula is C55H58N2.